The largest absolute Gasteiger partial charge is 0.495 e. The summed E-state index contributed by atoms with van der Waals surface area (Å²) in [6, 6.07) is 15.2. The molecule has 0 aromatic heterocycles. The lowest BCUT2D eigenvalue weighted by atomic mass is 10.1. The van der Waals surface area contributed by atoms with Crippen molar-refractivity contribution in [1.29, 1.82) is 0 Å². The minimum absolute atomic E-state index is 0.0700. The van der Waals surface area contributed by atoms with Crippen LogP contribution >= 0.6 is 0 Å². The number of nitrogens with one attached hydrogen (secondary N) is 1. The highest BCUT2D eigenvalue weighted by atomic mass is 16.5. The van der Waals surface area contributed by atoms with E-state index in [2.05, 4.69) is 5.32 Å². The summed E-state index contributed by atoms with van der Waals surface area (Å²) in [7, 11) is 3.22. The lowest BCUT2D eigenvalue weighted by molar-refractivity contribution is -0.126. The fraction of sp³-hybridized carbons (Fsp3) is 0.333. The predicted molar refractivity (Wildman–Crippen MR) is 102 cm³/mol. The van der Waals surface area contributed by atoms with Crippen molar-refractivity contribution in [3.05, 3.63) is 59.7 Å². The van der Waals surface area contributed by atoms with Crippen molar-refractivity contribution in [2.24, 2.45) is 5.92 Å². The van der Waals surface area contributed by atoms with Crippen LogP contribution in [0.1, 0.15) is 17.5 Å². The van der Waals surface area contributed by atoms with E-state index in [1.54, 1.807) is 19.1 Å². The molecule has 6 nitrogen and oxygen atoms in total. The van der Waals surface area contributed by atoms with Crippen molar-refractivity contribution in [1.82, 2.24) is 5.32 Å². The summed E-state index contributed by atoms with van der Waals surface area (Å²) in [5.41, 5.74) is 2.75. The molecule has 1 aliphatic heterocycles. The monoisotopic (exact) mass is 368 g/mol. The summed E-state index contributed by atoms with van der Waals surface area (Å²) in [4.78, 5) is 26.7. The number of carbonyl (C=O) groups is 2. The number of nitrogens with zero attached hydrogens (tertiary/aromatic N) is 1. The molecule has 2 amide bonds. The number of hydrogen-bond acceptors (Lipinski definition) is 4. The first kappa shape index (κ1) is 18.9. The third-order valence-electron chi connectivity index (χ3n) is 4.74. The van der Waals surface area contributed by atoms with E-state index in [9.17, 15) is 9.59 Å². The van der Waals surface area contributed by atoms with Crippen LogP contribution in [-0.2, 0) is 27.5 Å². The zero-order chi connectivity index (χ0) is 19.2. The summed E-state index contributed by atoms with van der Waals surface area (Å²) in [6.45, 7) is 1.26. The Labute approximate surface area is 159 Å². The zero-order valence-electron chi connectivity index (χ0n) is 15.6. The smallest absolute Gasteiger partial charge is 0.227 e. The Balaban J connectivity index is 1.64. The van der Waals surface area contributed by atoms with Crippen molar-refractivity contribution in [2.45, 2.75) is 19.6 Å². The van der Waals surface area contributed by atoms with Crippen LogP contribution in [0.15, 0.2) is 48.5 Å². The van der Waals surface area contributed by atoms with Crippen LogP contribution < -0.4 is 15.0 Å². The van der Waals surface area contributed by atoms with Gasteiger partial charge in [0.2, 0.25) is 11.8 Å². The van der Waals surface area contributed by atoms with Crippen molar-refractivity contribution in [3.8, 4) is 5.75 Å². The van der Waals surface area contributed by atoms with Crippen LogP contribution in [0.5, 0.6) is 5.75 Å². The number of carbonyl (C=O) groups excluding carboxylic acids is 2. The van der Waals surface area contributed by atoms with E-state index in [1.165, 1.54) is 0 Å². The summed E-state index contributed by atoms with van der Waals surface area (Å²) in [6.07, 6.45) is 0.198. The molecule has 1 heterocycles. The van der Waals surface area contributed by atoms with E-state index in [1.807, 2.05) is 48.5 Å². The molecule has 1 fully saturated rings. The first-order valence-electron chi connectivity index (χ1n) is 8.91. The number of rotatable bonds is 7. The highest BCUT2D eigenvalue weighted by molar-refractivity contribution is 6.01. The topological polar surface area (TPSA) is 67.9 Å². The van der Waals surface area contributed by atoms with Gasteiger partial charge in [-0.1, -0.05) is 36.4 Å². The van der Waals surface area contributed by atoms with Gasteiger partial charge in [-0.3, -0.25) is 9.59 Å². The molecule has 2 aromatic carbocycles. The van der Waals surface area contributed by atoms with Gasteiger partial charge in [0, 0.05) is 26.6 Å². The van der Waals surface area contributed by atoms with E-state index in [0.717, 1.165) is 11.1 Å². The summed E-state index contributed by atoms with van der Waals surface area (Å²) < 4.78 is 10.5. The molecule has 0 saturated carbocycles. The maximum atomic E-state index is 12.6. The number of amides is 2. The Morgan fingerprint density at radius 1 is 1.11 bits per heavy atom. The van der Waals surface area contributed by atoms with Gasteiger partial charge in [0.05, 0.1) is 25.3 Å². The zero-order valence-corrected chi connectivity index (χ0v) is 15.6. The molecule has 142 valence electrons. The molecule has 0 aliphatic carbocycles. The molecule has 1 atom stereocenters. The first-order valence-corrected chi connectivity index (χ1v) is 8.91. The van der Waals surface area contributed by atoms with Gasteiger partial charge in [-0.25, -0.2) is 0 Å². The lowest BCUT2D eigenvalue weighted by Gasteiger charge is -2.19. The average molecular weight is 368 g/mol. The molecule has 0 radical (unpaired) electrons. The van der Waals surface area contributed by atoms with Crippen molar-refractivity contribution in [2.75, 3.05) is 25.7 Å². The second kappa shape index (κ2) is 8.68. The number of hydrogen-bond donors (Lipinski definition) is 1. The SMILES string of the molecule is COCc1ccccc1CNC(=O)C1CC(=O)N(c2ccccc2OC)C1. The fourth-order valence-electron chi connectivity index (χ4n) is 3.32. The third kappa shape index (κ3) is 4.28. The Morgan fingerprint density at radius 3 is 2.56 bits per heavy atom. The highest BCUT2D eigenvalue weighted by Gasteiger charge is 2.36. The van der Waals surface area contributed by atoms with Crippen LogP contribution in [-0.4, -0.2) is 32.6 Å². The Kier molecular flexibility index (Phi) is 6.08. The van der Waals surface area contributed by atoms with Gasteiger partial charge in [-0.05, 0) is 23.3 Å². The summed E-state index contributed by atoms with van der Waals surface area (Å²) in [5.74, 6) is 0.0600. The van der Waals surface area contributed by atoms with Crippen LogP contribution in [0.3, 0.4) is 0 Å². The van der Waals surface area contributed by atoms with E-state index >= 15 is 0 Å². The lowest BCUT2D eigenvalue weighted by Crippen LogP contribution is -2.33. The van der Waals surface area contributed by atoms with Crippen LogP contribution in [0.4, 0.5) is 5.69 Å². The molecule has 1 unspecified atom stereocenters. The van der Waals surface area contributed by atoms with Crippen LogP contribution in [0, 0.1) is 5.92 Å². The average Bonchev–Trinajstić information content (AvgIpc) is 3.09. The molecule has 27 heavy (non-hydrogen) atoms. The van der Waals surface area contributed by atoms with Gasteiger partial charge >= 0.3 is 0 Å². The van der Waals surface area contributed by atoms with Gasteiger partial charge in [0.15, 0.2) is 0 Å². The number of ether oxygens (including phenoxy) is 2. The second-order valence-electron chi connectivity index (χ2n) is 6.50. The van der Waals surface area contributed by atoms with E-state index in [-0.39, 0.29) is 24.2 Å². The number of anilines is 1. The van der Waals surface area contributed by atoms with Gasteiger partial charge in [0.1, 0.15) is 5.75 Å². The summed E-state index contributed by atoms with van der Waals surface area (Å²) in [5, 5.41) is 2.96. The maximum absolute atomic E-state index is 12.6. The van der Waals surface area contributed by atoms with E-state index in [4.69, 9.17) is 9.47 Å². The first-order chi connectivity index (χ1) is 13.1. The number of para-hydroxylation sites is 2. The molecule has 2 aromatic rings. The number of methoxy groups -OCH3 is 2. The molecule has 3 rings (SSSR count). The van der Waals surface area contributed by atoms with Crippen molar-refractivity contribution in [3.63, 3.8) is 0 Å². The molecular weight excluding hydrogens is 344 g/mol. The molecule has 1 saturated heterocycles. The summed E-state index contributed by atoms with van der Waals surface area (Å²) >= 11 is 0. The quantitative estimate of drug-likeness (QED) is 0.815. The van der Waals surface area contributed by atoms with Crippen LogP contribution in [0.25, 0.3) is 0 Å². The fourth-order valence-corrected chi connectivity index (χ4v) is 3.32. The van der Waals surface area contributed by atoms with E-state index in [0.29, 0.717) is 31.1 Å². The molecular formula is C21H24N2O4. The molecule has 6 heteroatoms. The third-order valence-corrected chi connectivity index (χ3v) is 4.74. The predicted octanol–water partition coefficient (Wildman–Crippen LogP) is 2.51. The molecule has 0 bridgehead atoms. The molecule has 0 spiro atoms. The molecule has 1 N–H and O–H groups in total. The van der Waals surface area contributed by atoms with Crippen molar-refractivity contribution >= 4 is 17.5 Å². The minimum Gasteiger partial charge on any atom is -0.495 e. The van der Waals surface area contributed by atoms with Crippen LogP contribution in [0.2, 0.25) is 0 Å². The highest BCUT2D eigenvalue weighted by Crippen LogP contribution is 2.32. The van der Waals surface area contributed by atoms with Gasteiger partial charge < -0.3 is 19.7 Å². The van der Waals surface area contributed by atoms with Gasteiger partial charge in [0.25, 0.3) is 0 Å². The van der Waals surface area contributed by atoms with E-state index < -0.39 is 0 Å². The van der Waals surface area contributed by atoms with Crippen molar-refractivity contribution < 1.29 is 19.1 Å². The maximum Gasteiger partial charge on any atom is 0.227 e. The second-order valence-corrected chi connectivity index (χ2v) is 6.50. The minimum atomic E-state index is -0.378. The molecule has 1 aliphatic rings. The van der Waals surface area contributed by atoms with Gasteiger partial charge in [-0.2, -0.15) is 0 Å². The Morgan fingerprint density at radius 2 is 1.81 bits per heavy atom. The Bertz CT molecular complexity index is 821. The van der Waals surface area contributed by atoms with Gasteiger partial charge in [-0.15, -0.1) is 0 Å². The number of benzene rings is 2. The normalized spacial score (nSPS) is 16.4. The Hall–Kier alpha value is -2.86. The standard InChI is InChI=1S/C21H24N2O4/c1-26-14-16-8-4-3-7-15(16)12-22-21(25)17-11-20(24)23(13-17)18-9-5-6-10-19(18)27-2/h3-10,17H,11-14H2,1-2H3,(H,22,25).